The molecule has 1 N–H and O–H groups in total. The number of benzene rings is 1. The number of nitro benzene ring substituents is 1. The van der Waals surface area contributed by atoms with E-state index in [1.165, 1.54) is 6.07 Å². The first-order valence-electron chi connectivity index (χ1n) is 9.55. The van der Waals surface area contributed by atoms with Gasteiger partial charge in [-0.15, -0.1) is 0 Å². The Bertz CT molecular complexity index is 1060. The highest BCUT2D eigenvalue weighted by Crippen LogP contribution is 2.23. The SMILES string of the molecule is Cc1ccnc(NC(=O)C2CCN(Cn3ncc4ccc([N+](=O)[O-])cc43)CC2)c1. The number of carbonyl (C=O) groups is 1. The lowest BCUT2D eigenvalue weighted by Gasteiger charge is -2.31. The molecule has 0 spiro atoms. The molecule has 0 aliphatic carbocycles. The molecule has 1 fully saturated rings. The van der Waals surface area contributed by atoms with Crippen LogP contribution in [0.25, 0.3) is 10.9 Å². The van der Waals surface area contributed by atoms with Gasteiger partial charge in [-0.25, -0.2) is 4.98 Å². The Hall–Kier alpha value is -3.33. The third kappa shape index (κ3) is 4.24. The standard InChI is InChI=1S/C20H22N6O3/c1-14-4-7-21-19(10-14)23-20(27)15-5-8-24(9-6-15)13-25-18-11-17(26(28)29)3-2-16(18)12-22-25/h2-4,7,10-12,15H,5-6,8-9,13H2,1H3,(H,21,23,27). The van der Waals surface area contributed by atoms with Gasteiger partial charge in [-0.1, -0.05) is 0 Å². The number of nitrogens with zero attached hydrogens (tertiary/aromatic N) is 5. The van der Waals surface area contributed by atoms with E-state index in [4.69, 9.17) is 0 Å². The molecule has 150 valence electrons. The number of anilines is 1. The normalized spacial score (nSPS) is 15.5. The Balaban J connectivity index is 1.36. The minimum atomic E-state index is -0.399. The number of pyridine rings is 1. The van der Waals surface area contributed by atoms with Gasteiger partial charge in [0.05, 0.1) is 23.3 Å². The highest BCUT2D eigenvalue weighted by atomic mass is 16.6. The molecule has 2 aromatic heterocycles. The summed E-state index contributed by atoms with van der Waals surface area (Å²) in [7, 11) is 0. The number of non-ortho nitro benzene ring substituents is 1. The van der Waals surface area contributed by atoms with Crippen molar-refractivity contribution in [3.8, 4) is 0 Å². The Kier molecular flexibility index (Phi) is 5.22. The zero-order chi connectivity index (χ0) is 20.4. The zero-order valence-corrected chi connectivity index (χ0v) is 16.1. The summed E-state index contributed by atoms with van der Waals surface area (Å²) in [6, 6.07) is 8.50. The Morgan fingerprint density at radius 3 is 2.79 bits per heavy atom. The van der Waals surface area contributed by atoms with Crippen LogP contribution in [0.15, 0.2) is 42.7 Å². The second-order valence-corrected chi connectivity index (χ2v) is 7.39. The molecule has 1 aliphatic heterocycles. The maximum absolute atomic E-state index is 12.5. The number of nitrogens with one attached hydrogen (secondary N) is 1. The number of piperidine rings is 1. The van der Waals surface area contributed by atoms with Gasteiger partial charge in [0.1, 0.15) is 5.82 Å². The van der Waals surface area contributed by atoms with Gasteiger partial charge in [0.15, 0.2) is 0 Å². The average molecular weight is 394 g/mol. The second-order valence-electron chi connectivity index (χ2n) is 7.39. The van der Waals surface area contributed by atoms with Crippen LogP contribution in [0, 0.1) is 23.0 Å². The average Bonchev–Trinajstić information content (AvgIpc) is 3.10. The lowest BCUT2D eigenvalue weighted by Crippen LogP contribution is -2.39. The molecule has 0 unspecified atom stereocenters. The lowest BCUT2D eigenvalue weighted by atomic mass is 9.96. The summed E-state index contributed by atoms with van der Waals surface area (Å²) in [4.78, 5) is 29.6. The van der Waals surface area contributed by atoms with Crippen LogP contribution in [-0.4, -0.2) is 43.6 Å². The summed E-state index contributed by atoms with van der Waals surface area (Å²) in [5.41, 5.74) is 1.85. The monoisotopic (exact) mass is 394 g/mol. The number of nitro groups is 1. The predicted molar refractivity (Wildman–Crippen MR) is 108 cm³/mol. The molecule has 0 atom stereocenters. The number of aryl methyl sites for hydroxylation is 1. The van der Waals surface area contributed by atoms with Crippen LogP contribution >= 0.6 is 0 Å². The van der Waals surface area contributed by atoms with Crippen LogP contribution in [-0.2, 0) is 11.5 Å². The van der Waals surface area contributed by atoms with Gasteiger partial charge in [-0.2, -0.15) is 5.10 Å². The molecule has 9 nitrogen and oxygen atoms in total. The first kappa shape index (κ1) is 19.0. The summed E-state index contributed by atoms with van der Waals surface area (Å²) in [6.45, 7) is 4.02. The topological polar surface area (TPSA) is 106 Å². The summed E-state index contributed by atoms with van der Waals surface area (Å²) < 4.78 is 1.78. The summed E-state index contributed by atoms with van der Waals surface area (Å²) >= 11 is 0. The van der Waals surface area contributed by atoms with Crippen molar-refractivity contribution in [1.82, 2.24) is 19.7 Å². The van der Waals surface area contributed by atoms with Crippen LogP contribution in [0.4, 0.5) is 11.5 Å². The molecule has 0 radical (unpaired) electrons. The fraction of sp³-hybridized carbons (Fsp3) is 0.350. The predicted octanol–water partition coefficient (Wildman–Crippen LogP) is 2.96. The van der Waals surface area contributed by atoms with Crippen molar-refractivity contribution in [2.75, 3.05) is 18.4 Å². The fourth-order valence-electron chi connectivity index (χ4n) is 3.64. The molecule has 1 amide bonds. The van der Waals surface area contributed by atoms with Gasteiger partial charge in [0.2, 0.25) is 5.91 Å². The number of amides is 1. The van der Waals surface area contributed by atoms with E-state index in [0.29, 0.717) is 12.5 Å². The number of rotatable bonds is 5. The molecule has 1 saturated heterocycles. The minimum absolute atomic E-state index is 0.00270. The lowest BCUT2D eigenvalue weighted by molar-refractivity contribution is -0.384. The maximum Gasteiger partial charge on any atom is 0.271 e. The first-order chi connectivity index (χ1) is 14.0. The molecule has 9 heteroatoms. The number of aromatic nitrogens is 3. The van der Waals surface area contributed by atoms with Gasteiger partial charge >= 0.3 is 0 Å². The van der Waals surface area contributed by atoms with E-state index < -0.39 is 4.92 Å². The smallest absolute Gasteiger partial charge is 0.271 e. The van der Waals surface area contributed by atoms with Crippen LogP contribution in [0.3, 0.4) is 0 Å². The summed E-state index contributed by atoms with van der Waals surface area (Å²) in [5.74, 6) is 0.536. The summed E-state index contributed by atoms with van der Waals surface area (Å²) in [5, 5.41) is 19.2. The molecular weight excluding hydrogens is 372 g/mol. The molecular formula is C20H22N6O3. The Morgan fingerprint density at radius 2 is 2.07 bits per heavy atom. The minimum Gasteiger partial charge on any atom is -0.310 e. The van der Waals surface area contributed by atoms with E-state index in [9.17, 15) is 14.9 Å². The largest absolute Gasteiger partial charge is 0.310 e. The molecule has 3 aromatic rings. The third-order valence-electron chi connectivity index (χ3n) is 5.30. The van der Waals surface area contributed by atoms with E-state index in [2.05, 4.69) is 20.3 Å². The van der Waals surface area contributed by atoms with Gasteiger partial charge in [0, 0.05) is 42.7 Å². The molecule has 0 saturated carbocycles. The summed E-state index contributed by atoms with van der Waals surface area (Å²) in [6.07, 6.45) is 4.90. The third-order valence-corrected chi connectivity index (χ3v) is 5.30. The zero-order valence-electron chi connectivity index (χ0n) is 16.1. The van der Waals surface area contributed by atoms with Crippen LogP contribution in [0.2, 0.25) is 0 Å². The number of carbonyl (C=O) groups excluding carboxylic acids is 1. The van der Waals surface area contributed by atoms with Crippen molar-refractivity contribution < 1.29 is 9.72 Å². The fourth-order valence-corrected chi connectivity index (χ4v) is 3.64. The Labute approximate surface area is 167 Å². The van der Waals surface area contributed by atoms with Crippen LogP contribution in [0.1, 0.15) is 18.4 Å². The van der Waals surface area contributed by atoms with E-state index in [-0.39, 0.29) is 17.5 Å². The van der Waals surface area contributed by atoms with Crippen molar-refractivity contribution >= 4 is 28.3 Å². The van der Waals surface area contributed by atoms with Crippen molar-refractivity contribution in [2.45, 2.75) is 26.4 Å². The number of likely N-dealkylation sites (tertiary alicyclic amines) is 1. The highest BCUT2D eigenvalue weighted by Gasteiger charge is 2.25. The molecule has 1 aliphatic rings. The molecule has 4 rings (SSSR count). The van der Waals surface area contributed by atoms with E-state index in [0.717, 1.165) is 42.4 Å². The van der Waals surface area contributed by atoms with Crippen molar-refractivity contribution in [1.29, 1.82) is 0 Å². The molecule has 1 aromatic carbocycles. The molecule has 29 heavy (non-hydrogen) atoms. The van der Waals surface area contributed by atoms with Gasteiger partial charge in [0.25, 0.3) is 5.69 Å². The molecule has 3 heterocycles. The molecule has 0 bridgehead atoms. The van der Waals surface area contributed by atoms with Crippen LogP contribution < -0.4 is 5.32 Å². The second kappa shape index (κ2) is 7.96. The Morgan fingerprint density at radius 1 is 1.28 bits per heavy atom. The first-order valence-corrected chi connectivity index (χ1v) is 9.55. The quantitative estimate of drug-likeness (QED) is 0.527. The van der Waals surface area contributed by atoms with Crippen molar-refractivity contribution in [3.63, 3.8) is 0 Å². The van der Waals surface area contributed by atoms with Crippen molar-refractivity contribution in [2.24, 2.45) is 5.92 Å². The van der Waals surface area contributed by atoms with E-state index in [1.54, 1.807) is 29.2 Å². The van der Waals surface area contributed by atoms with E-state index >= 15 is 0 Å². The highest BCUT2D eigenvalue weighted by molar-refractivity contribution is 5.91. The van der Waals surface area contributed by atoms with Gasteiger partial charge in [-0.05, 0) is 43.5 Å². The van der Waals surface area contributed by atoms with Gasteiger partial charge < -0.3 is 5.32 Å². The number of hydrogen-bond acceptors (Lipinski definition) is 6. The number of fused-ring (bicyclic) bond motifs is 1. The number of hydrogen-bond donors (Lipinski definition) is 1. The van der Waals surface area contributed by atoms with Crippen LogP contribution in [0.5, 0.6) is 0 Å². The van der Waals surface area contributed by atoms with Crippen molar-refractivity contribution in [3.05, 3.63) is 58.4 Å². The maximum atomic E-state index is 12.5. The van der Waals surface area contributed by atoms with E-state index in [1.807, 2.05) is 19.1 Å². The van der Waals surface area contributed by atoms with Gasteiger partial charge in [-0.3, -0.25) is 24.5 Å².